The molecular formula is C11H16N6O. The van der Waals surface area contributed by atoms with E-state index in [0.717, 1.165) is 5.69 Å². The predicted octanol–water partition coefficient (Wildman–Crippen LogP) is 0.779. The summed E-state index contributed by atoms with van der Waals surface area (Å²) in [5.74, 6) is -0.275. The largest absolute Gasteiger partial charge is 0.396 e. The van der Waals surface area contributed by atoms with Crippen LogP contribution in [0.15, 0.2) is 12.4 Å². The smallest absolute Gasteiger partial charge is 0.276 e. The summed E-state index contributed by atoms with van der Waals surface area (Å²) in [5, 5.41) is 10.9. The van der Waals surface area contributed by atoms with Crippen LogP contribution in [0.2, 0.25) is 0 Å². The zero-order valence-corrected chi connectivity index (χ0v) is 10.6. The fraction of sp³-hybridized carbons (Fsp3) is 0.364. The van der Waals surface area contributed by atoms with Crippen molar-refractivity contribution in [2.24, 2.45) is 7.05 Å². The SMILES string of the molecule is CCn1ncc(N)c1C(=O)Nc1cnn(C)c1C. The number of nitrogen functional groups attached to an aromatic ring is 1. The molecule has 2 heterocycles. The van der Waals surface area contributed by atoms with Crippen LogP contribution in [-0.2, 0) is 13.6 Å². The van der Waals surface area contributed by atoms with Gasteiger partial charge in [-0.1, -0.05) is 0 Å². The molecule has 0 aromatic carbocycles. The zero-order valence-electron chi connectivity index (χ0n) is 10.6. The highest BCUT2D eigenvalue weighted by Gasteiger charge is 2.17. The molecule has 0 aliphatic rings. The number of hydrogen-bond donors (Lipinski definition) is 2. The van der Waals surface area contributed by atoms with Crippen molar-refractivity contribution in [1.82, 2.24) is 19.6 Å². The summed E-state index contributed by atoms with van der Waals surface area (Å²) < 4.78 is 3.26. The van der Waals surface area contributed by atoms with Gasteiger partial charge in [-0.15, -0.1) is 0 Å². The first-order valence-electron chi connectivity index (χ1n) is 5.65. The highest BCUT2D eigenvalue weighted by atomic mass is 16.2. The Hall–Kier alpha value is -2.31. The monoisotopic (exact) mass is 248 g/mol. The Kier molecular flexibility index (Phi) is 3.05. The summed E-state index contributed by atoms with van der Waals surface area (Å²) in [6.07, 6.45) is 3.09. The van der Waals surface area contributed by atoms with Crippen LogP contribution in [0.4, 0.5) is 11.4 Å². The van der Waals surface area contributed by atoms with Gasteiger partial charge in [0.15, 0.2) is 0 Å². The first-order valence-corrected chi connectivity index (χ1v) is 5.65. The van der Waals surface area contributed by atoms with Crippen LogP contribution in [0, 0.1) is 6.92 Å². The molecule has 0 bridgehead atoms. The molecule has 2 rings (SSSR count). The van der Waals surface area contributed by atoms with E-state index in [-0.39, 0.29) is 5.91 Å². The minimum atomic E-state index is -0.275. The van der Waals surface area contributed by atoms with Crippen LogP contribution >= 0.6 is 0 Å². The molecule has 0 saturated carbocycles. The van der Waals surface area contributed by atoms with Crippen LogP contribution < -0.4 is 11.1 Å². The number of hydrogen-bond acceptors (Lipinski definition) is 4. The molecule has 18 heavy (non-hydrogen) atoms. The third kappa shape index (κ3) is 1.94. The number of aromatic nitrogens is 4. The van der Waals surface area contributed by atoms with Gasteiger partial charge in [0.25, 0.3) is 5.91 Å². The lowest BCUT2D eigenvalue weighted by molar-refractivity contribution is 0.101. The first-order chi connectivity index (χ1) is 8.54. The van der Waals surface area contributed by atoms with Crippen LogP contribution in [-0.4, -0.2) is 25.5 Å². The molecule has 2 aromatic rings. The third-order valence-electron chi connectivity index (χ3n) is 2.87. The molecule has 2 aromatic heterocycles. The van der Waals surface area contributed by atoms with Gasteiger partial charge in [0, 0.05) is 13.6 Å². The van der Waals surface area contributed by atoms with Crippen LogP contribution in [0.25, 0.3) is 0 Å². The van der Waals surface area contributed by atoms with E-state index < -0.39 is 0 Å². The summed E-state index contributed by atoms with van der Waals surface area (Å²) in [6.45, 7) is 4.37. The van der Waals surface area contributed by atoms with Crippen molar-refractivity contribution in [1.29, 1.82) is 0 Å². The number of carbonyl (C=O) groups is 1. The van der Waals surface area contributed by atoms with Crippen molar-refractivity contribution >= 4 is 17.3 Å². The zero-order chi connectivity index (χ0) is 13.3. The minimum absolute atomic E-state index is 0.275. The van der Waals surface area contributed by atoms with Crippen LogP contribution in [0.5, 0.6) is 0 Å². The molecule has 0 aliphatic carbocycles. The molecular weight excluding hydrogens is 232 g/mol. The molecule has 0 atom stereocenters. The van der Waals surface area contributed by atoms with E-state index in [0.29, 0.717) is 23.6 Å². The van der Waals surface area contributed by atoms with Gasteiger partial charge in [-0.3, -0.25) is 14.2 Å². The predicted molar refractivity (Wildman–Crippen MR) is 68.2 cm³/mol. The van der Waals surface area contributed by atoms with Crippen LogP contribution in [0.3, 0.4) is 0 Å². The van der Waals surface area contributed by atoms with E-state index in [9.17, 15) is 4.79 Å². The Morgan fingerprint density at radius 1 is 1.44 bits per heavy atom. The second kappa shape index (κ2) is 4.52. The van der Waals surface area contributed by atoms with E-state index in [1.807, 2.05) is 20.9 Å². The minimum Gasteiger partial charge on any atom is -0.396 e. The molecule has 96 valence electrons. The van der Waals surface area contributed by atoms with Gasteiger partial charge in [0.2, 0.25) is 0 Å². The van der Waals surface area contributed by atoms with Gasteiger partial charge in [-0.25, -0.2) is 0 Å². The molecule has 0 spiro atoms. The van der Waals surface area contributed by atoms with Gasteiger partial charge in [0.1, 0.15) is 5.69 Å². The number of amides is 1. The quantitative estimate of drug-likeness (QED) is 0.839. The van der Waals surface area contributed by atoms with Gasteiger partial charge in [-0.05, 0) is 13.8 Å². The summed E-state index contributed by atoms with van der Waals surface area (Å²) in [4.78, 5) is 12.1. The lowest BCUT2D eigenvalue weighted by Crippen LogP contribution is -2.19. The van der Waals surface area contributed by atoms with Crippen molar-refractivity contribution in [2.75, 3.05) is 11.1 Å². The number of nitrogens with zero attached hydrogens (tertiary/aromatic N) is 4. The van der Waals surface area contributed by atoms with E-state index in [4.69, 9.17) is 5.73 Å². The number of nitrogens with one attached hydrogen (secondary N) is 1. The molecule has 0 fully saturated rings. The Morgan fingerprint density at radius 3 is 2.72 bits per heavy atom. The van der Waals surface area contributed by atoms with Gasteiger partial charge in [-0.2, -0.15) is 10.2 Å². The van der Waals surface area contributed by atoms with E-state index in [1.165, 1.54) is 6.20 Å². The lowest BCUT2D eigenvalue weighted by atomic mass is 10.3. The first kappa shape index (κ1) is 12.2. The number of rotatable bonds is 3. The van der Waals surface area contributed by atoms with Crippen molar-refractivity contribution in [3.8, 4) is 0 Å². The average Bonchev–Trinajstić information content (AvgIpc) is 2.86. The van der Waals surface area contributed by atoms with E-state index >= 15 is 0 Å². The standard InChI is InChI=1S/C11H16N6O/c1-4-17-10(8(12)5-14-17)11(18)15-9-6-13-16(3)7(9)2/h5-6H,4,12H2,1-3H3,(H,15,18). The van der Waals surface area contributed by atoms with Crippen molar-refractivity contribution in [2.45, 2.75) is 20.4 Å². The Balaban J connectivity index is 2.27. The van der Waals surface area contributed by atoms with Gasteiger partial charge < -0.3 is 11.1 Å². The second-order valence-corrected chi connectivity index (χ2v) is 3.99. The number of carbonyl (C=O) groups excluding carboxylic acids is 1. The number of anilines is 2. The summed E-state index contributed by atoms with van der Waals surface area (Å²) >= 11 is 0. The molecule has 0 saturated heterocycles. The molecule has 7 heteroatoms. The fourth-order valence-electron chi connectivity index (χ4n) is 1.69. The molecule has 0 radical (unpaired) electrons. The topological polar surface area (TPSA) is 90.8 Å². The third-order valence-corrected chi connectivity index (χ3v) is 2.87. The highest BCUT2D eigenvalue weighted by Crippen LogP contribution is 2.16. The lowest BCUT2D eigenvalue weighted by Gasteiger charge is -2.07. The fourth-order valence-corrected chi connectivity index (χ4v) is 1.69. The Labute approximate surface area is 105 Å². The Bertz CT molecular complexity index is 582. The maximum atomic E-state index is 12.1. The maximum Gasteiger partial charge on any atom is 0.276 e. The number of aryl methyl sites for hydroxylation is 2. The molecule has 1 amide bonds. The van der Waals surface area contributed by atoms with E-state index in [2.05, 4.69) is 15.5 Å². The molecule has 0 aliphatic heterocycles. The van der Waals surface area contributed by atoms with E-state index in [1.54, 1.807) is 15.6 Å². The molecule has 7 nitrogen and oxygen atoms in total. The highest BCUT2D eigenvalue weighted by molar-refractivity contribution is 6.06. The van der Waals surface area contributed by atoms with Crippen molar-refractivity contribution < 1.29 is 4.79 Å². The van der Waals surface area contributed by atoms with Crippen molar-refractivity contribution in [3.63, 3.8) is 0 Å². The van der Waals surface area contributed by atoms with Crippen LogP contribution in [0.1, 0.15) is 23.1 Å². The maximum absolute atomic E-state index is 12.1. The summed E-state index contributed by atoms with van der Waals surface area (Å²) in [7, 11) is 1.82. The second-order valence-electron chi connectivity index (χ2n) is 3.99. The average molecular weight is 248 g/mol. The normalized spacial score (nSPS) is 10.6. The van der Waals surface area contributed by atoms with Gasteiger partial charge in [0.05, 0.1) is 29.5 Å². The molecule has 0 unspecified atom stereocenters. The number of nitrogens with two attached hydrogens (primary N) is 1. The summed E-state index contributed by atoms with van der Waals surface area (Å²) in [6, 6.07) is 0. The Morgan fingerprint density at radius 2 is 2.17 bits per heavy atom. The summed E-state index contributed by atoms with van der Waals surface area (Å²) in [5.41, 5.74) is 8.05. The van der Waals surface area contributed by atoms with Gasteiger partial charge >= 0.3 is 0 Å². The van der Waals surface area contributed by atoms with Crippen molar-refractivity contribution in [3.05, 3.63) is 23.8 Å². The molecule has 3 N–H and O–H groups in total.